The number of ether oxygens (including phenoxy) is 2. The Morgan fingerprint density at radius 1 is 1.33 bits per heavy atom. The van der Waals surface area contributed by atoms with Crippen molar-refractivity contribution in [1.82, 2.24) is 10.2 Å². The zero-order valence-corrected chi connectivity index (χ0v) is 12.8. The largest absolute Gasteiger partial charge is 0.483 e. The van der Waals surface area contributed by atoms with Gasteiger partial charge in [0.2, 0.25) is 0 Å². The van der Waals surface area contributed by atoms with Crippen LogP contribution in [0.25, 0.3) is 0 Å². The molecule has 1 fully saturated rings. The Balaban J connectivity index is 1.88. The van der Waals surface area contributed by atoms with Gasteiger partial charge < -0.3 is 19.7 Å². The zero-order chi connectivity index (χ0) is 15.1. The summed E-state index contributed by atoms with van der Waals surface area (Å²) in [6.07, 6.45) is 0. The summed E-state index contributed by atoms with van der Waals surface area (Å²) in [5.41, 5.74) is 1.07. The van der Waals surface area contributed by atoms with Crippen molar-refractivity contribution in [2.24, 2.45) is 0 Å². The van der Waals surface area contributed by atoms with Crippen LogP contribution in [-0.4, -0.2) is 49.8 Å². The van der Waals surface area contributed by atoms with Gasteiger partial charge in [-0.3, -0.25) is 4.79 Å². The predicted molar refractivity (Wildman–Crippen MR) is 81.3 cm³/mol. The summed E-state index contributed by atoms with van der Waals surface area (Å²) in [5.74, 6) is 0.789. The summed E-state index contributed by atoms with van der Waals surface area (Å²) in [6.45, 7) is 7.55. The van der Waals surface area contributed by atoms with Crippen LogP contribution in [0, 0.1) is 0 Å². The molecule has 1 N–H and O–H groups in total. The number of carbonyl (C=O) groups excluding carboxylic acids is 1. The average Bonchev–Trinajstić information content (AvgIpc) is 2.52. The molecule has 0 bridgehead atoms. The second-order valence-electron chi connectivity index (χ2n) is 5.43. The van der Waals surface area contributed by atoms with E-state index in [-0.39, 0.29) is 12.5 Å². The van der Waals surface area contributed by atoms with Gasteiger partial charge in [0.15, 0.2) is 6.61 Å². The van der Waals surface area contributed by atoms with Gasteiger partial charge in [-0.2, -0.15) is 0 Å². The van der Waals surface area contributed by atoms with Crippen molar-refractivity contribution in [3.05, 3.63) is 29.8 Å². The Morgan fingerprint density at radius 2 is 2.05 bits per heavy atom. The van der Waals surface area contributed by atoms with Gasteiger partial charge in [-0.15, -0.1) is 0 Å². The van der Waals surface area contributed by atoms with Gasteiger partial charge in [0, 0.05) is 31.2 Å². The molecule has 1 aromatic carbocycles. The molecule has 5 heteroatoms. The van der Waals surface area contributed by atoms with Crippen molar-refractivity contribution in [2.75, 3.05) is 32.9 Å². The van der Waals surface area contributed by atoms with Crippen molar-refractivity contribution in [3.8, 4) is 5.75 Å². The van der Waals surface area contributed by atoms with Crippen LogP contribution in [0.15, 0.2) is 24.3 Å². The fourth-order valence-electron chi connectivity index (χ4n) is 2.15. The van der Waals surface area contributed by atoms with E-state index < -0.39 is 0 Å². The molecule has 0 saturated carbocycles. The van der Waals surface area contributed by atoms with E-state index in [2.05, 4.69) is 19.2 Å². The van der Waals surface area contributed by atoms with Gasteiger partial charge >= 0.3 is 0 Å². The van der Waals surface area contributed by atoms with Crippen molar-refractivity contribution >= 4 is 5.91 Å². The quantitative estimate of drug-likeness (QED) is 0.861. The number of morpholine rings is 1. The maximum absolute atomic E-state index is 12.1. The summed E-state index contributed by atoms with van der Waals surface area (Å²) in [4.78, 5) is 13.9. The zero-order valence-electron chi connectivity index (χ0n) is 12.8. The van der Waals surface area contributed by atoms with Crippen molar-refractivity contribution in [2.45, 2.75) is 26.4 Å². The maximum atomic E-state index is 12.1. The number of amides is 1. The molecule has 1 saturated heterocycles. The monoisotopic (exact) mass is 292 g/mol. The van der Waals surface area contributed by atoms with Crippen LogP contribution in [-0.2, 0) is 16.1 Å². The number of carbonyl (C=O) groups is 1. The minimum atomic E-state index is 0.0184. The van der Waals surface area contributed by atoms with Crippen LogP contribution < -0.4 is 10.1 Å². The van der Waals surface area contributed by atoms with E-state index in [4.69, 9.17) is 9.47 Å². The highest BCUT2D eigenvalue weighted by Crippen LogP contribution is 2.18. The fourth-order valence-corrected chi connectivity index (χ4v) is 2.15. The van der Waals surface area contributed by atoms with Gasteiger partial charge in [0.1, 0.15) is 5.75 Å². The van der Waals surface area contributed by atoms with Crippen LogP contribution in [0.5, 0.6) is 5.75 Å². The highest BCUT2D eigenvalue weighted by Gasteiger charge is 2.17. The lowest BCUT2D eigenvalue weighted by Gasteiger charge is -2.26. The van der Waals surface area contributed by atoms with Gasteiger partial charge in [-0.1, -0.05) is 32.0 Å². The second-order valence-corrected chi connectivity index (χ2v) is 5.43. The van der Waals surface area contributed by atoms with Crippen molar-refractivity contribution < 1.29 is 14.3 Å². The molecular weight excluding hydrogens is 268 g/mol. The summed E-state index contributed by atoms with van der Waals surface area (Å²) in [7, 11) is 0. The molecule has 1 aliphatic rings. The third-order valence-corrected chi connectivity index (χ3v) is 3.39. The molecule has 5 nitrogen and oxygen atoms in total. The Kier molecular flexibility index (Phi) is 6.02. The minimum Gasteiger partial charge on any atom is -0.483 e. The summed E-state index contributed by atoms with van der Waals surface area (Å²) < 4.78 is 11.0. The predicted octanol–water partition coefficient (Wildman–Crippen LogP) is 1.42. The summed E-state index contributed by atoms with van der Waals surface area (Å²) in [6, 6.07) is 8.24. The molecule has 1 heterocycles. The van der Waals surface area contributed by atoms with E-state index >= 15 is 0 Å². The number of benzene rings is 1. The summed E-state index contributed by atoms with van der Waals surface area (Å²) >= 11 is 0. The highest BCUT2D eigenvalue weighted by molar-refractivity contribution is 5.77. The third-order valence-electron chi connectivity index (χ3n) is 3.39. The molecule has 1 aromatic rings. The number of hydrogen-bond donors (Lipinski definition) is 1. The van der Waals surface area contributed by atoms with Gasteiger partial charge in [0.25, 0.3) is 5.91 Å². The smallest absolute Gasteiger partial charge is 0.260 e. The van der Waals surface area contributed by atoms with Crippen LogP contribution >= 0.6 is 0 Å². The SMILES string of the molecule is CC(C)NCc1ccccc1OCC(=O)N1CCOCC1. The first kappa shape index (κ1) is 15.8. The average molecular weight is 292 g/mol. The Labute approximate surface area is 126 Å². The number of rotatable bonds is 6. The van der Waals surface area contributed by atoms with E-state index in [1.54, 1.807) is 4.90 Å². The molecule has 0 radical (unpaired) electrons. The van der Waals surface area contributed by atoms with Gasteiger partial charge in [-0.25, -0.2) is 0 Å². The topological polar surface area (TPSA) is 50.8 Å². The first-order chi connectivity index (χ1) is 10.2. The van der Waals surface area contributed by atoms with E-state index in [9.17, 15) is 4.79 Å². The molecule has 1 aliphatic heterocycles. The molecule has 0 aromatic heterocycles. The molecule has 0 unspecified atom stereocenters. The van der Waals surface area contributed by atoms with Crippen LogP contribution in [0.2, 0.25) is 0 Å². The van der Waals surface area contributed by atoms with Crippen LogP contribution in [0.4, 0.5) is 0 Å². The lowest BCUT2D eigenvalue weighted by Crippen LogP contribution is -2.43. The lowest BCUT2D eigenvalue weighted by molar-refractivity contribution is -0.137. The van der Waals surface area contributed by atoms with Crippen molar-refractivity contribution in [1.29, 1.82) is 0 Å². The molecular formula is C16H24N2O3. The molecule has 21 heavy (non-hydrogen) atoms. The molecule has 2 rings (SSSR count). The van der Waals surface area contributed by atoms with Crippen LogP contribution in [0.3, 0.4) is 0 Å². The first-order valence-electron chi connectivity index (χ1n) is 7.46. The molecule has 116 valence electrons. The van der Waals surface area contributed by atoms with Gasteiger partial charge in [-0.05, 0) is 6.07 Å². The Hall–Kier alpha value is -1.59. The van der Waals surface area contributed by atoms with E-state index in [0.717, 1.165) is 17.9 Å². The highest BCUT2D eigenvalue weighted by atomic mass is 16.5. The van der Waals surface area contributed by atoms with Crippen LogP contribution in [0.1, 0.15) is 19.4 Å². The Bertz CT molecular complexity index is 457. The van der Waals surface area contributed by atoms with E-state index in [0.29, 0.717) is 32.3 Å². The first-order valence-corrected chi connectivity index (χ1v) is 7.46. The number of nitrogens with zero attached hydrogens (tertiary/aromatic N) is 1. The number of hydrogen-bond acceptors (Lipinski definition) is 4. The maximum Gasteiger partial charge on any atom is 0.260 e. The standard InChI is InChI=1S/C16H24N2O3/c1-13(2)17-11-14-5-3-4-6-15(14)21-12-16(19)18-7-9-20-10-8-18/h3-6,13,17H,7-12H2,1-2H3. The molecule has 0 spiro atoms. The van der Waals surface area contributed by atoms with Gasteiger partial charge in [0.05, 0.1) is 13.2 Å². The third kappa shape index (κ3) is 5.02. The normalized spacial score (nSPS) is 15.3. The lowest BCUT2D eigenvalue weighted by atomic mass is 10.2. The molecule has 0 aliphatic carbocycles. The molecule has 0 atom stereocenters. The fraction of sp³-hybridized carbons (Fsp3) is 0.562. The Morgan fingerprint density at radius 3 is 2.76 bits per heavy atom. The molecule has 1 amide bonds. The minimum absolute atomic E-state index is 0.0184. The second kappa shape index (κ2) is 8.00. The van der Waals surface area contributed by atoms with E-state index in [1.807, 2.05) is 24.3 Å². The summed E-state index contributed by atoms with van der Waals surface area (Å²) in [5, 5.41) is 3.36. The number of para-hydroxylation sites is 1. The van der Waals surface area contributed by atoms with Crippen molar-refractivity contribution in [3.63, 3.8) is 0 Å². The number of nitrogens with one attached hydrogen (secondary N) is 1. The van der Waals surface area contributed by atoms with E-state index in [1.165, 1.54) is 0 Å².